The fourth-order valence-electron chi connectivity index (χ4n) is 1.98. The molecule has 1 aliphatic heterocycles. The highest BCUT2D eigenvalue weighted by molar-refractivity contribution is 5.80. The minimum atomic E-state index is -0.847. The number of hydrogen-bond donors (Lipinski definition) is 3. The third-order valence-corrected chi connectivity index (χ3v) is 3.23. The second kappa shape index (κ2) is 5.84. The molecule has 3 atom stereocenters. The van der Waals surface area contributed by atoms with Gasteiger partial charge in [0, 0.05) is 12.6 Å². The number of carboxylic acid groups (broad SMARTS) is 1. The number of amides is 1. The van der Waals surface area contributed by atoms with Crippen molar-refractivity contribution in [1.29, 1.82) is 0 Å². The Balaban J connectivity index is 2.37. The molecule has 0 aliphatic carbocycles. The molecule has 0 saturated carbocycles. The van der Waals surface area contributed by atoms with E-state index in [1.54, 1.807) is 0 Å². The molecule has 0 spiro atoms. The van der Waals surface area contributed by atoms with E-state index in [2.05, 4.69) is 10.6 Å². The molecule has 1 saturated heterocycles. The van der Waals surface area contributed by atoms with Gasteiger partial charge in [-0.1, -0.05) is 6.92 Å². The van der Waals surface area contributed by atoms with Crippen LogP contribution < -0.4 is 10.6 Å². The lowest BCUT2D eigenvalue weighted by atomic mass is 10.0. The molecule has 1 heterocycles. The van der Waals surface area contributed by atoms with E-state index in [-0.39, 0.29) is 24.4 Å². The van der Waals surface area contributed by atoms with E-state index in [1.165, 1.54) is 0 Å². The Morgan fingerprint density at radius 3 is 2.69 bits per heavy atom. The van der Waals surface area contributed by atoms with Gasteiger partial charge < -0.3 is 15.7 Å². The van der Waals surface area contributed by atoms with Gasteiger partial charge in [0.2, 0.25) is 5.91 Å². The van der Waals surface area contributed by atoms with Crippen molar-refractivity contribution in [3.05, 3.63) is 0 Å². The van der Waals surface area contributed by atoms with Gasteiger partial charge in [-0.05, 0) is 26.3 Å². The van der Waals surface area contributed by atoms with Crippen molar-refractivity contribution in [2.24, 2.45) is 11.8 Å². The quantitative estimate of drug-likeness (QED) is 0.628. The van der Waals surface area contributed by atoms with Crippen LogP contribution in [-0.4, -0.2) is 36.1 Å². The summed E-state index contributed by atoms with van der Waals surface area (Å²) in [7, 11) is 0. The number of carbonyl (C=O) groups excluding carboxylic acids is 1. The third-order valence-electron chi connectivity index (χ3n) is 3.23. The molecule has 1 rings (SSSR count). The number of carbonyl (C=O) groups is 2. The van der Waals surface area contributed by atoms with E-state index in [9.17, 15) is 9.59 Å². The summed E-state index contributed by atoms with van der Waals surface area (Å²) >= 11 is 0. The number of hydrogen-bond acceptors (Lipinski definition) is 3. The lowest BCUT2D eigenvalue weighted by Gasteiger charge is -2.17. The van der Waals surface area contributed by atoms with Crippen LogP contribution in [0.25, 0.3) is 0 Å². The molecule has 0 aromatic rings. The number of rotatable bonds is 5. The van der Waals surface area contributed by atoms with E-state index in [1.807, 2.05) is 13.8 Å². The van der Waals surface area contributed by atoms with Gasteiger partial charge in [-0.2, -0.15) is 0 Å². The summed E-state index contributed by atoms with van der Waals surface area (Å²) in [4.78, 5) is 22.5. The van der Waals surface area contributed by atoms with Crippen molar-refractivity contribution in [2.45, 2.75) is 32.7 Å². The molecule has 92 valence electrons. The molecular weight excluding hydrogens is 208 g/mol. The van der Waals surface area contributed by atoms with Gasteiger partial charge in [0.1, 0.15) is 0 Å². The fraction of sp³-hybridized carbons (Fsp3) is 0.818. The smallest absolute Gasteiger partial charge is 0.308 e. The van der Waals surface area contributed by atoms with Crippen LogP contribution in [0.2, 0.25) is 0 Å². The van der Waals surface area contributed by atoms with Gasteiger partial charge in [0.15, 0.2) is 0 Å². The zero-order chi connectivity index (χ0) is 12.1. The maximum atomic E-state index is 11.8. The SMILES string of the molecule is CCC(CNC(=O)C1CCNC1C)C(=O)O. The van der Waals surface area contributed by atoms with Crippen molar-refractivity contribution in [3.8, 4) is 0 Å². The van der Waals surface area contributed by atoms with E-state index in [0.717, 1.165) is 13.0 Å². The Morgan fingerprint density at radius 1 is 1.56 bits per heavy atom. The number of aliphatic carboxylic acids is 1. The largest absolute Gasteiger partial charge is 0.481 e. The minimum Gasteiger partial charge on any atom is -0.481 e. The van der Waals surface area contributed by atoms with E-state index in [0.29, 0.717) is 6.42 Å². The number of nitrogens with one attached hydrogen (secondary N) is 2. The molecule has 5 heteroatoms. The highest BCUT2D eigenvalue weighted by Crippen LogP contribution is 2.15. The van der Waals surface area contributed by atoms with Crippen molar-refractivity contribution in [2.75, 3.05) is 13.1 Å². The minimum absolute atomic E-state index is 0.0219. The first-order chi connectivity index (χ1) is 7.56. The van der Waals surface area contributed by atoms with Gasteiger partial charge in [0.25, 0.3) is 0 Å². The Labute approximate surface area is 95.6 Å². The first-order valence-electron chi connectivity index (χ1n) is 5.80. The molecule has 1 aliphatic rings. The van der Waals surface area contributed by atoms with Crippen molar-refractivity contribution >= 4 is 11.9 Å². The van der Waals surface area contributed by atoms with Crippen molar-refractivity contribution in [3.63, 3.8) is 0 Å². The van der Waals surface area contributed by atoms with Crippen molar-refractivity contribution in [1.82, 2.24) is 10.6 Å². The van der Waals surface area contributed by atoms with Gasteiger partial charge >= 0.3 is 5.97 Å². The van der Waals surface area contributed by atoms with Crippen LogP contribution in [-0.2, 0) is 9.59 Å². The Morgan fingerprint density at radius 2 is 2.25 bits per heavy atom. The molecule has 5 nitrogen and oxygen atoms in total. The van der Waals surface area contributed by atoms with Gasteiger partial charge in [-0.25, -0.2) is 0 Å². The average Bonchev–Trinajstić information content (AvgIpc) is 2.64. The van der Waals surface area contributed by atoms with Crippen LogP contribution in [0.4, 0.5) is 0 Å². The first kappa shape index (κ1) is 13.0. The zero-order valence-electron chi connectivity index (χ0n) is 9.82. The van der Waals surface area contributed by atoms with Crippen molar-refractivity contribution < 1.29 is 14.7 Å². The molecule has 0 aromatic carbocycles. The Kier molecular flexibility index (Phi) is 4.73. The van der Waals surface area contributed by atoms with Gasteiger partial charge in [-0.15, -0.1) is 0 Å². The van der Waals surface area contributed by atoms with Crippen LogP contribution in [0.1, 0.15) is 26.7 Å². The first-order valence-corrected chi connectivity index (χ1v) is 5.80. The predicted octanol–water partition coefficient (Wildman–Crippen LogP) is 0.211. The topological polar surface area (TPSA) is 78.4 Å². The zero-order valence-corrected chi connectivity index (χ0v) is 9.82. The van der Waals surface area contributed by atoms with Crippen LogP contribution in [0.5, 0.6) is 0 Å². The lowest BCUT2D eigenvalue weighted by molar-refractivity contribution is -0.141. The standard InChI is InChI=1S/C11H20N2O3/c1-3-8(11(15)16)6-13-10(14)9-4-5-12-7(9)2/h7-9,12H,3-6H2,1-2H3,(H,13,14)(H,15,16). The molecular formula is C11H20N2O3. The monoisotopic (exact) mass is 228 g/mol. The number of carboxylic acids is 1. The molecule has 0 aromatic heterocycles. The molecule has 0 radical (unpaired) electrons. The van der Waals surface area contributed by atoms with Gasteiger partial charge in [0.05, 0.1) is 11.8 Å². The van der Waals surface area contributed by atoms with Crippen LogP contribution >= 0.6 is 0 Å². The molecule has 3 N–H and O–H groups in total. The molecule has 3 unspecified atom stereocenters. The summed E-state index contributed by atoms with van der Waals surface area (Å²) in [5, 5.41) is 14.8. The van der Waals surface area contributed by atoms with Crippen LogP contribution in [0.3, 0.4) is 0 Å². The second-order valence-electron chi connectivity index (χ2n) is 4.33. The Hall–Kier alpha value is -1.10. The highest BCUT2D eigenvalue weighted by Gasteiger charge is 2.29. The Bertz CT molecular complexity index is 268. The fourth-order valence-corrected chi connectivity index (χ4v) is 1.98. The summed E-state index contributed by atoms with van der Waals surface area (Å²) < 4.78 is 0. The summed E-state index contributed by atoms with van der Waals surface area (Å²) in [5.41, 5.74) is 0. The van der Waals surface area contributed by atoms with Crippen LogP contribution in [0, 0.1) is 11.8 Å². The molecule has 1 amide bonds. The average molecular weight is 228 g/mol. The normalized spacial score (nSPS) is 26.4. The maximum Gasteiger partial charge on any atom is 0.308 e. The lowest BCUT2D eigenvalue weighted by Crippen LogP contribution is -2.40. The van der Waals surface area contributed by atoms with Gasteiger partial charge in [-0.3, -0.25) is 9.59 Å². The molecule has 0 bridgehead atoms. The highest BCUT2D eigenvalue weighted by atomic mass is 16.4. The van der Waals surface area contributed by atoms with E-state index >= 15 is 0 Å². The van der Waals surface area contributed by atoms with Crippen LogP contribution in [0.15, 0.2) is 0 Å². The van der Waals surface area contributed by atoms with E-state index in [4.69, 9.17) is 5.11 Å². The summed E-state index contributed by atoms with van der Waals surface area (Å²) in [6.07, 6.45) is 1.37. The molecule has 1 fully saturated rings. The summed E-state index contributed by atoms with van der Waals surface area (Å²) in [6.45, 7) is 4.87. The maximum absolute atomic E-state index is 11.8. The predicted molar refractivity (Wildman–Crippen MR) is 60.0 cm³/mol. The molecule has 16 heavy (non-hydrogen) atoms. The van der Waals surface area contributed by atoms with E-state index < -0.39 is 11.9 Å². The second-order valence-corrected chi connectivity index (χ2v) is 4.33. The summed E-state index contributed by atoms with van der Waals surface area (Å²) in [5.74, 6) is -1.38. The summed E-state index contributed by atoms with van der Waals surface area (Å²) in [6, 6.07) is 0.185. The third kappa shape index (κ3) is 3.20.